The van der Waals surface area contributed by atoms with Gasteiger partial charge in [0.05, 0.1) is 23.4 Å². The zero-order chi connectivity index (χ0) is 12.3. The van der Waals surface area contributed by atoms with Crippen molar-refractivity contribution in [3.63, 3.8) is 0 Å². The van der Waals surface area contributed by atoms with E-state index in [0.29, 0.717) is 5.76 Å². The Labute approximate surface area is 95.2 Å². The molecule has 0 aliphatic rings. The second-order valence-electron chi connectivity index (χ2n) is 3.24. The van der Waals surface area contributed by atoms with E-state index in [-0.39, 0.29) is 17.9 Å². The van der Waals surface area contributed by atoms with Gasteiger partial charge in [-0.1, -0.05) is 0 Å². The van der Waals surface area contributed by atoms with Gasteiger partial charge in [0.25, 0.3) is 5.69 Å². The Bertz CT molecular complexity index is 528. The lowest BCUT2D eigenvalue weighted by Gasteiger charge is -2.05. The van der Waals surface area contributed by atoms with Crippen LogP contribution in [0.3, 0.4) is 0 Å². The molecule has 0 saturated carbocycles. The molecular weight excluding hydrogens is 229 g/mol. The molecule has 6 nitrogen and oxygen atoms in total. The smallest absolute Gasteiger partial charge is 0.271 e. The van der Waals surface area contributed by atoms with Crippen molar-refractivity contribution >= 4 is 11.4 Å². The number of oxazole rings is 1. The van der Waals surface area contributed by atoms with Gasteiger partial charge in [-0.3, -0.25) is 10.1 Å². The Morgan fingerprint density at radius 1 is 1.53 bits per heavy atom. The molecule has 0 aliphatic heterocycles. The summed E-state index contributed by atoms with van der Waals surface area (Å²) in [4.78, 5) is 13.6. The van der Waals surface area contributed by atoms with Gasteiger partial charge in [0.2, 0.25) is 0 Å². The molecule has 0 bridgehead atoms. The van der Waals surface area contributed by atoms with Gasteiger partial charge in [-0.15, -0.1) is 0 Å². The molecule has 0 radical (unpaired) electrons. The van der Waals surface area contributed by atoms with Crippen LogP contribution in [0.25, 0.3) is 0 Å². The fourth-order valence-electron chi connectivity index (χ4n) is 1.27. The molecule has 0 spiro atoms. The van der Waals surface area contributed by atoms with E-state index in [2.05, 4.69) is 10.3 Å². The largest absolute Gasteiger partial charge is 0.447 e. The maximum atomic E-state index is 13.3. The van der Waals surface area contributed by atoms with E-state index >= 15 is 0 Å². The first-order valence-corrected chi connectivity index (χ1v) is 4.72. The number of non-ortho nitro benzene ring substituents is 1. The first-order valence-electron chi connectivity index (χ1n) is 4.72. The number of benzene rings is 1. The first-order chi connectivity index (χ1) is 8.16. The topological polar surface area (TPSA) is 81.2 Å². The maximum Gasteiger partial charge on any atom is 0.271 e. The van der Waals surface area contributed by atoms with Crippen LogP contribution in [0.4, 0.5) is 15.8 Å². The zero-order valence-corrected chi connectivity index (χ0v) is 8.59. The number of nitro groups is 1. The Hall–Kier alpha value is -2.44. The lowest BCUT2D eigenvalue weighted by molar-refractivity contribution is -0.384. The van der Waals surface area contributed by atoms with Gasteiger partial charge in [-0.25, -0.2) is 9.37 Å². The molecule has 1 aromatic carbocycles. The van der Waals surface area contributed by atoms with Crippen molar-refractivity contribution in [2.75, 3.05) is 5.32 Å². The van der Waals surface area contributed by atoms with Crippen LogP contribution in [-0.4, -0.2) is 9.91 Å². The molecule has 2 rings (SSSR count). The van der Waals surface area contributed by atoms with Crippen LogP contribution in [-0.2, 0) is 6.54 Å². The van der Waals surface area contributed by atoms with Crippen molar-refractivity contribution in [2.45, 2.75) is 6.54 Å². The molecule has 0 amide bonds. The van der Waals surface area contributed by atoms with Gasteiger partial charge in [0.15, 0.2) is 6.39 Å². The van der Waals surface area contributed by atoms with Crippen molar-refractivity contribution in [2.24, 2.45) is 0 Å². The minimum absolute atomic E-state index is 0.0515. The number of halogens is 1. The summed E-state index contributed by atoms with van der Waals surface area (Å²) in [5, 5.41) is 13.2. The summed E-state index contributed by atoms with van der Waals surface area (Å²) in [6, 6.07) is 3.28. The molecular formula is C10H8FN3O3. The Morgan fingerprint density at radius 3 is 3.00 bits per heavy atom. The second kappa shape index (κ2) is 4.60. The number of aromatic nitrogens is 1. The summed E-state index contributed by atoms with van der Waals surface area (Å²) >= 11 is 0. The van der Waals surface area contributed by atoms with E-state index in [1.54, 1.807) is 0 Å². The first kappa shape index (κ1) is 11.1. The summed E-state index contributed by atoms with van der Waals surface area (Å²) in [7, 11) is 0. The summed E-state index contributed by atoms with van der Waals surface area (Å²) in [5.41, 5.74) is -0.123. The monoisotopic (exact) mass is 237 g/mol. The van der Waals surface area contributed by atoms with Gasteiger partial charge in [-0.05, 0) is 6.07 Å². The van der Waals surface area contributed by atoms with Crippen LogP contribution in [0.5, 0.6) is 0 Å². The van der Waals surface area contributed by atoms with E-state index in [9.17, 15) is 14.5 Å². The van der Waals surface area contributed by atoms with Crippen molar-refractivity contribution in [1.29, 1.82) is 0 Å². The minimum Gasteiger partial charge on any atom is -0.447 e. The number of nitro benzene ring substituents is 1. The Kier molecular flexibility index (Phi) is 2.99. The number of anilines is 1. The minimum atomic E-state index is -0.584. The molecule has 0 unspecified atom stereocenters. The average molecular weight is 237 g/mol. The fraction of sp³-hybridized carbons (Fsp3) is 0.100. The molecule has 2 aromatic rings. The Morgan fingerprint density at radius 2 is 2.35 bits per heavy atom. The summed E-state index contributed by atoms with van der Waals surface area (Å²) in [6.07, 6.45) is 2.73. The standard InChI is InChI=1S/C10H8FN3O3/c11-9-2-1-7(14(15)16)3-10(9)13-5-8-4-12-6-17-8/h1-4,6,13H,5H2. The van der Waals surface area contributed by atoms with Crippen molar-refractivity contribution in [1.82, 2.24) is 4.98 Å². The van der Waals surface area contributed by atoms with Gasteiger partial charge in [-0.2, -0.15) is 0 Å². The summed E-state index contributed by atoms with van der Waals surface area (Å²) in [5.74, 6) is -0.0500. The van der Waals surface area contributed by atoms with E-state index < -0.39 is 10.7 Å². The van der Waals surface area contributed by atoms with E-state index in [0.717, 1.165) is 18.2 Å². The zero-order valence-electron chi connectivity index (χ0n) is 8.59. The third kappa shape index (κ3) is 2.57. The fourth-order valence-corrected chi connectivity index (χ4v) is 1.27. The number of nitrogens with one attached hydrogen (secondary N) is 1. The Balaban J connectivity index is 2.14. The van der Waals surface area contributed by atoms with Gasteiger partial charge < -0.3 is 9.73 Å². The van der Waals surface area contributed by atoms with Crippen molar-refractivity contribution < 1.29 is 13.7 Å². The lowest BCUT2D eigenvalue weighted by Crippen LogP contribution is -2.01. The number of hydrogen-bond acceptors (Lipinski definition) is 5. The molecule has 7 heteroatoms. The molecule has 0 fully saturated rings. The van der Waals surface area contributed by atoms with Crippen LogP contribution in [0.15, 0.2) is 35.2 Å². The highest BCUT2D eigenvalue weighted by molar-refractivity contribution is 5.52. The van der Waals surface area contributed by atoms with Gasteiger partial charge in [0, 0.05) is 12.1 Å². The molecule has 1 N–H and O–H groups in total. The second-order valence-corrected chi connectivity index (χ2v) is 3.24. The third-order valence-corrected chi connectivity index (χ3v) is 2.10. The highest BCUT2D eigenvalue weighted by Crippen LogP contribution is 2.21. The van der Waals surface area contributed by atoms with E-state index in [4.69, 9.17) is 4.42 Å². The molecule has 1 aromatic heterocycles. The van der Waals surface area contributed by atoms with Crippen LogP contribution < -0.4 is 5.32 Å². The van der Waals surface area contributed by atoms with E-state index in [1.807, 2.05) is 0 Å². The van der Waals surface area contributed by atoms with Crippen LogP contribution in [0.2, 0.25) is 0 Å². The summed E-state index contributed by atoms with van der Waals surface area (Å²) < 4.78 is 18.3. The third-order valence-electron chi connectivity index (χ3n) is 2.10. The predicted octanol–water partition coefficient (Wildman–Crippen LogP) is 2.33. The van der Waals surface area contributed by atoms with Crippen LogP contribution in [0.1, 0.15) is 5.76 Å². The van der Waals surface area contributed by atoms with Crippen LogP contribution in [0, 0.1) is 15.9 Å². The molecule has 1 heterocycles. The highest BCUT2D eigenvalue weighted by atomic mass is 19.1. The van der Waals surface area contributed by atoms with Crippen molar-refractivity contribution in [3.05, 3.63) is 52.5 Å². The molecule has 88 valence electrons. The quantitative estimate of drug-likeness (QED) is 0.651. The number of nitrogens with zero attached hydrogens (tertiary/aromatic N) is 2. The lowest BCUT2D eigenvalue weighted by atomic mass is 10.2. The van der Waals surface area contributed by atoms with Gasteiger partial charge in [0.1, 0.15) is 11.6 Å². The average Bonchev–Trinajstić information content (AvgIpc) is 2.80. The molecule has 0 atom stereocenters. The SMILES string of the molecule is O=[N+]([O-])c1ccc(F)c(NCc2cnco2)c1. The molecule has 0 saturated heterocycles. The highest BCUT2D eigenvalue weighted by Gasteiger charge is 2.10. The summed E-state index contributed by atoms with van der Waals surface area (Å²) in [6.45, 7) is 0.206. The predicted molar refractivity (Wildman–Crippen MR) is 56.9 cm³/mol. The van der Waals surface area contributed by atoms with Crippen molar-refractivity contribution in [3.8, 4) is 0 Å². The number of hydrogen-bond donors (Lipinski definition) is 1. The normalized spacial score (nSPS) is 10.2. The molecule has 17 heavy (non-hydrogen) atoms. The maximum absolute atomic E-state index is 13.3. The molecule has 0 aliphatic carbocycles. The number of rotatable bonds is 4. The van der Waals surface area contributed by atoms with Crippen LogP contribution >= 0.6 is 0 Å². The van der Waals surface area contributed by atoms with Gasteiger partial charge >= 0.3 is 0 Å². The van der Waals surface area contributed by atoms with E-state index in [1.165, 1.54) is 12.6 Å².